The summed E-state index contributed by atoms with van der Waals surface area (Å²) >= 11 is 0. The van der Waals surface area contributed by atoms with Gasteiger partial charge in [-0.2, -0.15) is 4.31 Å². The summed E-state index contributed by atoms with van der Waals surface area (Å²) in [7, 11) is -3.14. The van der Waals surface area contributed by atoms with Crippen LogP contribution in [-0.2, 0) is 10.0 Å². The molecule has 28 heavy (non-hydrogen) atoms. The average Bonchev–Trinajstić information content (AvgIpc) is 3.16. The molecule has 1 fully saturated rings. The van der Waals surface area contributed by atoms with E-state index in [1.807, 2.05) is 24.3 Å². The maximum Gasteiger partial charge on any atom is 0.255 e. The van der Waals surface area contributed by atoms with Crippen LogP contribution in [0.1, 0.15) is 10.4 Å². The molecule has 0 aliphatic carbocycles. The third-order valence-electron chi connectivity index (χ3n) is 4.83. The molecule has 0 unspecified atom stereocenters. The summed E-state index contributed by atoms with van der Waals surface area (Å²) < 4.78 is 35.3. The van der Waals surface area contributed by atoms with E-state index in [9.17, 15) is 13.2 Å². The van der Waals surface area contributed by atoms with Gasteiger partial charge >= 0.3 is 0 Å². The molecule has 0 radical (unpaired) electrons. The number of fused-ring (bicyclic) bond motifs is 1. The minimum absolute atomic E-state index is 0.167. The first-order valence-electron chi connectivity index (χ1n) is 8.91. The first kappa shape index (κ1) is 18.6. The number of benzene rings is 2. The Hall–Kier alpha value is -2.78. The summed E-state index contributed by atoms with van der Waals surface area (Å²) in [6.45, 7) is 2.38. The maximum atomic E-state index is 12.5. The zero-order chi connectivity index (χ0) is 19.7. The highest BCUT2D eigenvalue weighted by Crippen LogP contribution is 2.32. The van der Waals surface area contributed by atoms with Gasteiger partial charge in [0.15, 0.2) is 11.5 Å². The topological polar surface area (TPSA) is 88.2 Å². The molecule has 2 heterocycles. The molecule has 1 saturated heterocycles. The second kappa shape index (κ2) is 7.33. The van der Waals surface area contributed by atoms with Gasteiger partial charge < -0.3 is 19.7 Å². The summed E-state index contributed by atoms with van der Waals surface area (Å²) in [5.74, 6) is 0.973. The number of nitrogens with one attached hydrogen (secondary N) is 1. The van der Waals surface area contributed by atoms with Crippen LogP contribution in [0.2, 0.25) is 0 Å². The number of hydrogen-bond donors (Lipinski definition) is 1. The van der Waals surface area contributed by atoms with E-state index in [1.165, 1.54) is 10.6 Å². The fourth-order valence-corrected chi connectivity index (χ4v) is 4.10. The lowest BCUT2D eigenvalue weighted by Gasteiger charge is -2.34. The van der Waals surface area contributed by atoms with Gasteiger partial charge in [0.2, 0.25) is 16.8 Å². The van der Waals surface area contributed by atoms with E-state index in [1.54, 1.807) is 18.2 Å². The monoisotopic (exact) mass is 403 g/mol. The van der Waals surface area contributed by atoms with Crippen molar-refractivity contribution in [3.8, 4) is 11.5 Å². The molecule has 1 N–H and O–H groups in total. The third-order valence-corrected chi connectivity index (χ3v) is 6.14. The molecule has 4 rings (SSSR count). The normalized spacial score (nSPS) is 16.8. The summed E-state index contributed by atoms with van der Waals surface area (Å²) in [5, 5.41) is 2.87. The number of sulfonamides is 1. The predicted molar refractivity (Wildman–Crippen MR) is 106 cm³/mol. The largest absolute Gasteiger partial charge is 0.454 e. The number of anilines is 2. The average molecular weight is 403 g/mol. The minimum Gasteiger partial charge on any atom is -0.454 e. The second-order valence-electron chi connectivity index (χ2n) is 6.72. The van der Waals surface area contributed by atoms with Crippen LogP contribution in [0, 0.1) is 0 Å². The molecule has 8 nitrogen and oxygen atoms in total. The first-order valence-corrected chi connectivity index (χ1v) is 10.8. The Morgan fingerprint density at radius 3 is 2.32 bits per heavy atom. The van der Waals surface area contributed by atoms with E-state index in [4.69, 9.17) is 9.47 Å². The van der Waals surface area contributed by atoms with E-state index in [0.717, 1.165) is 5.69 Å². The van der Waals surface area contributed by atoms with Crippen LogP contribution in [0.4, 0.5) is 11.4 Å². The van der Waals surface area contributed by atoms with Gasteiger partial charge in [0.1, 0.15) is 0 Å². The molecule has 0 saturated carbocycles. The van der Waals surface area contributed by atoms with Gasteiger partial charge in [-0.15, -0.1) is 0 Å². The molecule has 2 aliphatic heterocycles. The summed E-state index contributed by atoms with van der Waals surface area (Å²) in [6, 6.07) is 12.6. The van der Waals surface area contributed by atoms with Crippen molar-refractivity contribution in [1.29, 1.82) is 0 Å². The molecule has 9 heteroatoms. The van der Waals surface area contributed by atoms with Gasteiger partial charge in [0, 0.05) is 43.1 Å². The third kappa shape index (κ3) is 3.90. The summed E-state index contributed by atoms with van der Waals surface area (Å²) in [5.41, 5.74) is 2.17. The van der Waals surface area contributed by atoms with Crippen LogP contribution >= 0.6 is 0 Å². The smallest absolute Gasteiger partial charge is 0.255 e. The Kier molecular flexibility index (Phi) is 4.86. The lowest BCUT2D eigenvalue weighted by molar-refractivity contribution is 0.102. The number of amides is 1. The lowest BCUT2D eigenvalue weighted by Crippen LogP contribution is -2.48. The molecule has 2 aromatic rings. The van der Waals surface area contributed by atoms with Gasteiger partial charge in [-0.3, -0.25) is 4.79 Å². The highest BCUT2D eigenvalue weighted by Gasteiger charge is 2.23. The molecule has 1 amide bonds. The molecule has 0 spiro atoms. The number of carbonyl (C=O) groups excluding carboxylic acids is 1. The lowest BCUT2D eigenvalue weighted by atomic mass is 10.1. The van der Waals surface area contributed by atoms with Gasteiger partial charge in [-0.25, -0.2) is 8.42 Å². The molecule has 2 aliphatic rings. The van der Waals surface area contributed by atoms with Crippen molar-refractivity contribution in [2.45, 2.75) is 0 Å². The van der Waals surface area contributed by atoms with Crippen molar-refractivity contribution in [1.82, 2.24) is 4.31 Å². The standard InChI is InChI=1S/C19H21N3O5S/c1-28(24,25)22-10-8-21(9-11-22)16-5-3-15(4-6-16)20-19(23)14-2-7-17-18(12-14)27-13-26-17/h2-7,12H,8-11,13H2,1H3,(H,20,23). The molecular weight excluding hydrogens is 382 g/mol. The Bertz CT molecular complexity index is 983. The van der Waals surface area contributed by atoms with Gasteiger partial charge in [-0.05, 0) is 42.5 Å². The highest BCUT2D eigenvalue weighted by molar-refractivity contribution is 7.88. The van der Waals surface area contributed by atoms with Crippen molar-refractivity contribution in [3.63, 3.8) is 0 Å². The number of ether oxygens (including phenoxy) is 2. The Balaban J connectivity index is 1.38. The van der Waals surface area contributed by atoms with Crippen LogP contribution in [0.3, 0.4) is 0 Å². The highest BCUT2D eigenvalue weighted by atomic mass is 32.2. The number of hydrogen-bond acceptors (Lipinski definition) is 6. The van der Waals surface area contributed by atoms with Crippen LogP contribution in [0.5, 0.6) is 11.5 Å². The summed E-state index contributed by atoms with van der Waals surface area (Å²) in [4.78, 5) is 14.6. The van der Waals surface area contributed by atoms with Crippen molar-refractivity contribution in [2.24, 2.45) is 0 Å². The molecule has 2 aromatic carbocycles. The first-order chi connectivity index (χ1) is 13.4. The molecular formula is C19H21N3O5S. The van der Waals surface area contributed by atoms with Crippen LogP contribution in [-0.4, -0.2) is 57.9 Å². The van der Waals surface area contributed by atoms with E-state index >= 15 is 0 Å². The van der Waals surface area contributed by atoms with Crippen LogP contribution < -0.4 is 19.7 Å². The number of nitrogens with zero attached hydrogens (tertiary/aromatic N) is 2. The fraction of sp³-hybridized carbons (Fsp3) is 0.316. The zero-order valence-electron chi connectivity index (χ0n) is 15.4. The van der Waals surface area contributed by atoms with E-state index in [-0.39, 0.29) is 12.7 Å². The Morgan fingerprint density at radius 1 is 0.964 bits per heavy atom. The van der Waals surface area contributed by atoms with E-state index < -0.39 is 10.0 Å². The van der Waals surface area contributed by atoms with E-state index in [2.05, 4.69) is 10.2 Å². The quantitative estimate of drug-likeness (QED) is 0.837. The number of carbonyl (C=O) groups is 1. The molecule has 148 valence electrons. The van der Waals surface area contributed by atoms with Gasteiger partial charge in [-0.1, -0.05) is 0 Å². The zero-order valence-corrected chi connectivity index (χ0v) is 16.2. The molecule has 0 aromatic heterocycles. The fourth-order valence-electron chi connectivity index (χ4n) is 3.27. The molecule has 0 atom stereocenters. The minimum atomic E-state index is -3.14. The van der Waals surface area contributed by atoms with Gasteiger partial charge in [0.25, 0.3) is 5.91 Å². The SMILES string of the molecule is CS(=O)(=O)N1CCN(c2ccc(NC(=O)c3ccc4c(c3)OCO4)cc2)CC1. The summed E-state index contributed by atoms with van der Waals surface area (Å²) in [6.07, 6.45) is 1.24. The maximum absolute atomic E-state index is 12.5. The molecule has 0 bridgehead atoms. The van der Waals surface area contributed by atoms with Crippen LogP contribution in [0.15, 0.2) is 42.5 Å². The van der Waals surface area contributed by atoms with Gasteiger partial charge in [0.05, 0.1) is 6.26 Å². The van der Waals surface area contributed by atoms with Crippen molar-refractivity contribution in [2.75, 3.05) is 49.4 Å². The van der Waals surface area contributed by atoms with E-state index in [0.29, 0.717) is 48.9 Å². The van der Waals surface area contributed by atoms with Crippen molar-refractivity contribution < 1.29 is 22.7 Å². The van der Waals surface area contributed by atoms with Crippen LogP contribution in [0.25, 0.3) is 0 Å². The number of piperazine rings is 1. The predicted octanol–water partition coefficient (Wildman–Crippen LogP) is 1.75. The number of rotatable bonds is 4. The Morgan fingerprint density at radius 2 is 1.64 bits per heavy atom. The second-order valence-corrected chi connectivity index (χ2v) is 8.70. The Labute approximate surface area is 163 Å². The van der Waals surface area contributed by atoms with Crippen molar-refractivity contribution in [3.05, 3.63) is 48.0 Å². The van der Waals surface area contributed by atoms with Crippen molar-refractivity contribution >= 4 is 27.3 Å².